The summed E-state index contributed by atoms with van der Waals surface area (Å²) in [5.41, 5.74) is 0.906. The Hall–Kier alpha value is -2.27. The predicted octanol–water partition coefficient (Wildman–Crippen LogP) is 2.96. The third-order valence-electron chi connectivity index (χ3n) is 3.24. The monoisotopic (exact) mass is 315 g/mol. The van der Waals surface area contributed by atoms with Crippen LogP contribution in [-0.4, -0.2) is 19.2 Å². The number of hydrogen-bond acceptors (Lipinski definition) is 4. The van der Waals surface area contributed by atoms with Gasteiger partial charge in [-0.3, -0.25) is 9.78 Å². The molecule has 22 heavy (non-hydrogen) atoms. The number of allylic oxidation sites excluding steroid dienone is 2. The number of rotatable bonds is 6. The number of ketones is 1. The maximum absolute atomic E-state index is 12.5. The summed E-state index contributed by atoms with van der Waals surface area (Å²) in [6, 6.07) is 11.7. The first-order valence-corrected chi connectivity index (χ1v) is 8.42. The van der Waals surface area contributed by atoms with Crippen LogP contribution in [0.25, 0.3) is 0 Å². The average Bonchev–Trinajstić information content (AvgIpc) is 2.55. The van der Waals surface area contributed by atoms with Gasteiger partial charge in [-0.05, 0) is 37.1 Å². The lowest BCUT2D eigenvalue weighted by Crippen LogP contribution is -2.14. The molecule has 4 nitrogen and oxygen atoms in total. The van der Waals surface area contributed by atoms with Crippen LogP contribution in [-0.2, 0) is 21.1 Å². The van der Waals surface area contributed by atoms with E-state index < -0.39 is 9.84 Å². The highest BCUT2D eigenvalue weighted by Gasteiger charge is 2.25. The second-order valence-electron chi connectivity index (χ2n) is 4.75. The Morgan fingerprint density at radius 3 is 2.45 bits per heavy atom. The summed E-state index contributed by atoms with van der Waals surface area (Å²) in [6.45, 7) is 1.57. The van der Waals surface area contributed by atoms with Gasteiger partial charge in [0, 0.05) is 18.8 Å². The van der Waals surface area contributed by atoms with Crippen molar-refractivity contribution in [3.8, 4) is 0 Å². The van der Waals surface area contributed by atoms with Gasteiger partial charge in [-0.2, -0.15) is 0 Å². The van der Waals surface area contributed by atoms with E-state index in [0.717, 1.165) is 5.56 Å². The number of pyridine rings is 1. The molecule has 1 aromatic heterocycles. The van der Waals surface area contributed by atoms with Gasteiger partial charge in [0.2, 0.25) is 9.84 Å². The third kappa shape index (κ3) is 3.68. The quantitative estimate of drug-likeness (QED) is 0.769. The van der Waals surface area contributed by atoms with Crippen molar-refractivity contribution in [3.05, 3.63) is 71.4 Å². The van der Waals surface area contributed by atoms with E-state index in [2.05, 4.69) is 4.98 Å². The summed E-state index contributed by atoms with van der Waals surface area (Å²) < 4.78 is 25.0. The Balaban J connectivity index is 2.16. The topological polar surface area (TPSA) is 64.1 Å². The van der Waals surface area contributed by atoms with Crippen molar-refractivity contribution in [2.24, 2.45) is 0 Å². The summed E-state index contributed by atoms with van der Waals surface area (Å²) in [6.07, 6.45) is 5.30. The van der Waals surface area contributed by atoms with Gasteiger partial charge in [0.25, 0.3) is 0 Å². The molecule has 114 valence electrons. The first-order chi connectivity index (χ1) is 10.6. The van der Waals surface area contributed by atoms with Crippen LogP contribution in [0.5, 0.6) is 0 Å². The Kier molecular flexibility index (Phi) is 5.22. The van der Waals surface area contributed by atoms with E-state index >= 15 is 0 Å². The van der Waals surface area contributed by atoms with Crippen LogP contribution >= 0.6 is 0 Å². The maximum atomic E-state index is 12.5. The highest BCUT2D eigenvalue weighted by atomic mass is 32.2. The number of hydrogen-bond donors (Lipinski definition) is 0. The minimum atomic E-state index is -3.76. The Labute approximate surface area is 130 Å². The van der Waals surface area contributed by atoms with Gasteiger partial charge < -0.3 is 0 Å². The van der Waals surface area contributed by atoms with Crippen molar-refractivity contribution in [1.29, 1.82) is 0 Å². The Morgan fingerprint density at radius 2 is 1.86 bits per heavy atom. The SMILES string of the molecule is C/C=C(\C(=O)CCc1cccnc1)S(=O)(=O)c1ccccc1. The second kappa shape index (κ2) is 7.13. The summed E-state index contributed by atoms with van der Waals surface area (Å²) in [5.74, 6) is -0.379. The number of Topliss-reactive ketones (excluding diaryl/α,β-unsaturated/α-hetero) is 1. The van der Waals surface area contributed by atoms with Crippen LogP contribution < -0.4 is 0 Å². The minimum absolute atomic E-state index is 0.136. The highest BCUT2D eigenvalue weighted by molar-refractivity contribution is 7.96. The molecule has 0 atom stereocenters. The molecular weight excluding hydrogens is 298 g/mol. The molecule has 2 rings (SSSR count). The van der Waals surface area contributed by atoms with Gasteiger partial charge in [-0.15, -0.1) is 0 Å². The molecule has 0 spiro atoms. The molecule has 0 saturated heterocycles. The van der Waals surface area contributed by atoms with Crippen LogP contribution in [0.4, 0.5) is 0 Å². The Bertz CT molecular complexity index is 766. The molecule has 2 aromatic rings. The predicted molar refractivity (Wildman–Crippen MR) is 84.9 cm³/mol. The molecule has 0 aliphatic carbocycles. The molecule has 0 saturated carbocycles. The Morgan fingerprint density at radius 1 is 1.14 bits per heavy atom. The number of aromatic nitrogens is 1. The summed E-state index contributed by atoms with van der Waals surface area (Å²) >= 11 is 0. The molecule has 0 N–H and O–H groups in total. The number of sulfone groups is 1. The fourth-order valence-corrected chi connectivity index (χ4v) is 3.60. The largest absolute Gasteiger partial charge is 0.293 e. The number of carbonyl (C=O) groups is 1. The molecule has 0 radical (unpaired) electrons. The average molecular weight is 315 g/mol. The molecule has 0 bridgehead atoms. The van der Waals surface area contributed by atoms with E-state index in [9.17, 15) is 13.2 Å². The van der Waals surface area contributed by atoms with Crippen molar-refractivity contribution in [2.75, 3.05) is 0 Å². The zero-order valence-corrected chi connectivity index (χ0v) is 13.1. The fraction of sp³-hybridized carbons (Fsp3) is 0.176. The first kappa shape index (κ1) is 16.1. The lowest BCUT2D eigenvalue weighted by atomic mass is 10.1. The number of benzene rings is 1. The van der Waals surface area contributed by atoms with E-state index in [0.29, 0.717) is 6.42 Å². The normalized spacial score (nSPS) is 12.1. The molecule has 1 heterocycles. The van der Waals surface area contributed by atoms with Crippen molar-refractivity contribution in [1.82, 2.24) is 4.98 Å². The summed E-state index contributed by atoms with van der Waals surface area (Å²) in [4.78, 5) is 16.3. The van der Waals surface area contributed by atoms with Gasteiger partial charge in [0.1, 0.15) is 4.91 Å². The standard InChI is InChI=1S/C17H17NO3S/c1-2-17(22(20,21)15-8-4-3-5-9-15)16(19)11-10-14-7-6-12-18-13-14/h2-9,12-13H,10-11H2,1H3/b17-2+. The second-order valence-corrected chi connectivity index (χ2v) is 6.67. The van der Waals surface area contributed by atoms with Gasteiger partial charge in [0.15, 0.2) is 5.78 Å². The summed E-state index contributed by atoms with van der Waals surface area (Å²) in [7, 11) is -3.76. The van der Waals surface area contributed by atoms with Crippen LogP contribution in [0.3, 0.4) is 0 Å². The van der Waals surface area contributed by atoms with Crippen LogP contribution in [0.1, 0.15) is 18.9 Å². The molecule has 0 amide bonds. The van der Waals surface area contributed by atoms with Crippen molar-refractivity contribution >= 4 is 15.6 Å². The van der Waals surface area contributed by atoms with Gasteiger partial charge in [0.05, 0.1) is 4.90 Å². The number of nitrogens with zero attached hydrogens (tertiary/aromatic N) is 1. The first-order valence-electron chi connectivity index (χ1n) is 6.94. The number of carbonyl (C=O) groups excluding carboxylic acids is 1. The number of aryl methyl sites for hydroxylation is 1. The highest BCUT2D eigenvalue weighted by Crippen LogP contribution is 2.21. The van der Waals surface area contributed by atoms with E-state index in [1.807, 2.05) is 6.07 Å². The molecule has 0 fully saturated rings. The van der Waals surface area contributed by atoms with Crippen LogP contribution in [0, 0.1) is 0 Å². The van der Waals surface area contributed by atoms with Crippen molar-refractivity contribution < 1.29 is 13.2 Å². The third-order valence-corrected chi connectivity index (χ3v) is 5.18. The maximum Gasteiger partial charge on any atom is 0.209 e. The smallest absolute Gasteiger partial charge is 0.209 e. The van der Waals surface area contributed by atoms with Crippen LogP contribution in [0.2, 0.25) is 0 Å². The van der Waals surface area contributed by atoms with Crippen LogP contribution in [0.15, 0.2) is 70.7 Å². The fourth-order valence-electron chi connectivity index (χ4n) is 2.12. The zero-order valence-electron chi connectivity index (χ0n) is 12.3. The molecule has 1 aromatic carbocycles. The lowest BCUT2D eigenvalue weighted by molar-refractivity contribution is -0.114. The molecule has 0 unspecified atom stereocenters. The van der Waals surface area contributed by atoms with E-state index in [1.54, 1.807) is 43.6 Å². The van der Waals surface area contributed by atoms with E-state index in [-0.39, 0.29) is 22.0 Å². The molecule has 0 aliphatic heterocycles. The minimum Gasteiger partial charge on any atom is -0.293 e. The zero-order chi connectivity index (χ0) is 16.0. The van der Waals surface area contributed by atoms with Gasteiger partial charge >= 0.3 is 0 Å². The molecule has 5 heteroatoms. The van der Waals surface area contributed by atoms with Crippen molar-refractivity contribution in [2.45, 2.75) is 24.7 Å². The lowest BCUT2D eigenvalue weighted by Gasteiger charge is -2.08. The van der Waals surface area contributed by atoms with E-state index in [4.69, 9.17) is 0 Å². The molecule has 0 aliphatic rings. The van der Waals surface area contributed by atoms with Gasteiger partial charge in [-0.1, -0.05) is 30.3 Å². The molecular formula is C17H17NO3S. The summed E-state index contributed by atoms with van der Waals surface area (Å²) in [5, 5.41) is 0. The van der Waals surface area contributed by atoms with Crippen molar-refractivity contribution in [3.63, 3.8) is 0 Å². The van der Waals surface area contributed by atoms with Gasteiger partial charge in [-0.25, -0.2) is 8.42 Å². The van der Waals surface area contributed by atoms with E-state index in [1.165, 1.54) is 18.2 Å².